The van der Waals surface area contributed by atoms with Crippen LogP contribution in [-0.2, 0) is 21.8 Å². The molecule has 1 radical (unpaired) electrons. The number of ether oxygens (including phenoxy) is 1. The molecule has 0 amide bonds. The van der Waals surface area contributed by atoms with Gasteiger partial charge >= 0.3 is 11.9 Å². The molecule has 0 bridgehead atoms. The summed E-state index contributed by atoms with van der Waals surface area (Å²) in [6, 6.07) is 6.03. The van der Waals surface area contributed by atoms with Crippen molar-refractivity contribution >= 4 is 11.9 Å². The molecule has 0 aliphatic carbocycles. The SMILES string of the molecule is CCCCOC(=O)c1ccccc1C(=O)O.[Cu]. The first-order valence-corrected chi connectivity index (χ1v) is 5.16. The van der Waals surface area contributed by atoms with Crippen LogP contribution < -0.4 is 0 Å². The normalized spacial score (nSPS) is 9.24. The van der Waals surface area contributed by atoms with Crippen molar-refractivity contribution in [2.45, 2.75) is 19.8 Å². The number of rotatable bonds is 5. The van der Waals surface area contributed by atoms with E-state index in [2.05, 4.69) is 0 Å². The maximum atomic E-state index is 11.6. The molecule has 0 aliphatic heterocycles. The van der Waals surface area contributed by atoms with Crippen LogP contribution in [-0.4, -0.2) is 23.7 Å². The van der Waals surface area contributed by atoms with Crippen molar-refractivity contribution in [3.05, 3.63) is 35.4 Å². The Labute approximate surface area is 110 Å². The van der Waals surface area contributed by atoms with Crippen LogP contribution in [0.1, 0.15) is 40.5 Å². The second kappa shape index (κ2) is 7.87. The van der Waals surface area contributed by atoms with Gasteiger partial charge in [-0.2, -0.15) is 0 Å². The molecule has 0 atom stereocenters. The van der Waals surface area contributed by atoms with E-state index in [0.717, 1.165) is 12.8 Å². The minimum atomic E-state index is -1.12. The molecule has 1 aromatic rings. The Kier molecular flexibility index (Phi) is 7.26. The van der Waals surface area contributed by atoms with E-state index < -0.39 is 11.9 Å². The fraction of sp³-hybridized carbons (Fsp3) is 0.333. The van der Waals surface area contributed by atoms with E-state index in [9.17, 15) is 9.59 Å². The molecule has 0 fully saturated rings. The third kappa shape index (κ3) is 4.59. The number of carboxylic acid groups (broad SMARTS) is 1. The number of esters is 1. The first-order chi connectivity index (χ1) is 7.66. The number of carbonyl (C=O) groups excluding carboxylic acids is 1. The van der Waals surface area contributed by atoms with Gasteiger partial charge in [-0.15, -0.1) is 0 Å². The standard InChI is InChI=1S/C12H14O4.Cu/c1-2-3-8-16-12(15)10-7-5-4-6-9(10)11(13)14;/h4-7H,2-3,8H2,1H3,(H,13,14);. The molecule has 1 N–H and O–H groups in total. The summed E-state index contributed by atoms with van der Waals surface area (Å²) in [7, 11) is 0. The topological polar surface area (TPSA) is 63.6 Å². The molecular weight excluding hydrogens is 272 g/mol. The molecular formula is C12H14CuO4. The van der Waals surface area contributed by atoms with Gasteiger partial charge in [-0.3, -0.25) is 0 Å². The molecule has 1 rings (SSSR count). The Morgan fingerprint density at radius 3 is 2.35 bits per heavy atom. The fourth-order valence-electron chi connectivity index (χ4n) is 1.23. The summed E-state index contributed by atoms with van der Waals surface area (Å²) in [6.07, 6.45) is 1.70. The minimum Gasteiger partial charge on any atom is -0.478 e. The second-order valence-corrected chi connectivity index (χ2v) is 3.34. The summed E-state index contributed by atoms with van der Waals surface area (Å²) >= 11 is 0. The van der Waals surface area contributed by atoms with Gasteiger partial charge in [0.1, 0.15) is 0 Å². The number of aromatic carboxylic acids is 1. The van der Waals surface area contributed by atoms with Gasteiger partial charge in [-0.05, 0) is 18.6 Å². The summed E-state index contributed by atoms with van der Waals surface area (Å²) in [6.45, 7) is 2.31. The van der Waals surface area contributed by atoms with E-state index in [1.807, 2.05) is 6.92 Å². The van der Waals surface area contributed by atoms with Crippen molar-refractivity contribution in [3.63, 3.8) is 0 Å². The van der Waals surface area contributed by atoms with Crippen LogP contribution >= 0.6 is 0 Å². The number of carbonyl (C=O) groups is 2. The minimum absolute atomic E-state index is 0. The van der Waals surface area contributed by atoms with Crippen molar-refractivity contribution in [2.75, 3.05) is 6.61 Å². The molecule has 0 saturated carbocycles. The van der Waals surface area contributed by atoms with Gasteiger partial charge in [0.05, 0.1) is 17.7 Å². The van der Waals surface area contributed by atoms with Crippen LogP contribution in [0.3, 0.4) is 0 Å². The molecule has 17 heavy (non-hydrogen) atoms. The monoisotopic (exact) mass is 285 g/mol. The maximum Gasteiger partial charge on any atom is 0.339 e. The summed E-state index contributed by atoms with van der Waals surface area (Å²) in [4.78, 5) is 22.4. The number of carboxylic acids is 1. The fourth-order valence-corrected chi connectivity index (χ4v) is 1.23. The van der Waals surface area contributed by atoms with E-state index in [0.29, 0.717) is 6.61 Å². The molecule has 1 aromatic carbocycles. The van der Waals surface area contributed by atoms with E-state index in [4.69, 9.17) is 9.84 Å². The van der Waals surface area contributed by atoms with Crippen LogP contribution in [0, 0.1) is 0 Å². The number of unbranched alkanes of at least 4 members (excludes halogenated alkanes) is 1. The van der Waals surface area contributed by atoms with Gasteiger partial charge in [-0.25, -0.2) is 9.59 Å². The Morgan fingerprint density at radius 2 is 1.82 bits per heavy atom. The van der Waals surface area contributed by atoms with Crippen LogP contribution in [0.15, 0.2) is 24.3 Å². The summed E-state index contributed by atoms with van der Waals surface area (Å²) in [5, 5.41) is 8.88. The van der Waals surface area contributed by atoms with E-state index in [-0.39, 0.29) is 28.2 Å². The average Bonchev–Trinajstić information content (AvgIpc) is 2.29. The van der Waals surface area contributed by atoms with Crippen LogP contribution in [0.5, 0.6) is 0 Å². The second-order valence-electron chi connectivity index (χ2n) is 3.34. The van der Waals surface area contributed by atoms with Crippen molar-refractivity contribution < 1.29 is 36.5 Å². The van der Waals surface area contributed by atoms with Gasteiger partial charge in [0.2, 0.25) is 0 Å². The van der Waals surface area contributed by atoms with E-state index in [1.54, 1.807) is 12.1 Å². The molecule has 0 heterocycles. The first kappa shape index (κ1) is 15.7. The molecule has 0 unspecified atom stereocenters. The average molecular weight is 286 g/mol. The van der Waals surface area contributed by atoms with Crippen LogP contribution in [0.25, 0.3) is 0 Å². The first-order valence-electron chi connectivity index (χ1n) is 5.16. The van der Waals surface area contributed by atoms with Gasteiger partial charge < -0.3 is 9.84 Å². The zero-order valence-corrected chi connectivity index (χ0v) is 10.3. The van der Waals surface area contributed by atoms with Crippen molar-refractivity contribution in [2.24, 2.45) is 0 Å². The molecule has 0 saturated heterocycles. The predicted octanol–water partition coefficient (Wildman–Crippen LogP) is 2.34. The van der Waals surface area contributed by atoms with Crippen molar-refractivity contribution in [3.8, 4) is 0 Å². The third-order valence-electron chi connectivity index (χ3n) is 2.11. The third-order valence-corrected chi connectivity index (χ3v) is 2.11. The summed E-state index contributed by atoms with van der Waals surface area (Å²) < 4.78 is 4.96. The number of hydrogen-bond donors (Lipinski definition) is 1. The van der Waals surface area contributed by atoms with Crippen molar-refractivity contribution in [1.82, 2.24) is 0 Å². The van der Waals surface area contributed by atoms with Gasteiger partial charge in [0.25, 0.3) is 0 Å². The Balaban J connectivity index is 0.00000256. The zero-order valence-electron chi connectivity index (χ0n) is 9.40. The molecule has 4 nitrogen and oxygen atoms in total. The summed E-state index contributed by atoms with van der Waals surface area (Å²) in [5.41, 5.74) is 0.0788. The molecule has 5 heteroatoms. The largest absolute Gasteiger partial charge is 0.478 e. The molecule has 97 valence electrons. The summed E-state index contributed by atoms with van der Waals surface area (Å²) in [5.74, 6) is -1.70. The van der Waals surface area contributed by atoms with Crippen LogP contribution in [0.2, 0.25) is 0 Å². The maximum absolute atomic E-state index is 11.6. The van der Waals surface area contributed by atoms with E-state index in [1.165, 1.54) is 12.1 Å². The predicted molar refractivity (Wildman–Crippen MR) is 58.6 cm³/mol. The number of hydrogen-bond acceptors (Lipinski definition) is 3. The van der Waals surface area contributed by atoms with E-state index >= 15 is 0 Å². The quantitative estimate of drug-likeness (QED) is 0.512. The number of benzene rings is 1. The molecule has 0 spiro atoms. The Bertz CT molecular complexity index is 390. The van der Waals surface area contributed by atoms with Gasteiger partial charge in [0.15, 0.2) is 0 Å². The van der Waals surface area contributed by atoms with Crippen molar-refractivity contribution in [1.29, 1.82) is 0 Å². The van der Waals surface area contributed by atoms with Crippen LogP contribution in [0.4, 0.5) is 0 Å². The Morgan fingerprint density at radius 1 is 1.24 bits per heavy atom. The zero-order chi connectivity index (χ0) is 12.0. The van der Waals surface area contributed by atoms with Gasteiger partial charge in [-0.1, -0.05) is 25.5 Å². The Hall–Kier alpha value is -1.32. The van der Waals surface area contributed by atoms with Gasteiger partial charge in [0, 0.05) is 17.1 Å². The smallest absolute Gasteiger partial charge is 0.339 e. The molecule has 0 aromatic heterocycles. The molecule has 0 aliphatic rings.